The van der Waals surface area contributed by atoms with Crippen LogP contribution in [0.25, 0.3) is 0 Å². The molecular weight excluding hydrogens is 244 g/mol. The Morgan fingerprint density at radius 1 is 1.21 bits per heavy atom. The number of alkyl carbamates (subject to hydrolysis) is 1. The molecule has 1 fully saturated rings. The van der Waals surface area contributed by atoms with Crippen LogP contribution in [-0.4, -0.2) is 23.6 Å². The number of hydrogen-bond acceptors (Lipinski definition) is 3. The molecule has 1 saturated carbocycles. The first-order valence-electron chi connectivity index (χ1n) is 6.98. The fourth-order valence-electron chi connectivity index (χ4n) is 2.52. The van der Waals surface area contributed by atoms with E-state index in [-0.39, 0.29) is 24.0 Å². The van der Waals surface area contributed by atoms with Crippen molar-refractivity contribution in [2.75, 3.05) is 0 Å². The largest absolute Gasteiger partial charge is 0.444 e. The zero-order chi connectivity index (χ0) is 14.6. The molecule has 19 heavy (non-hydrogen) atoms. The van der Waals surface area contributed by atoms with Gasteiger partial charge in [0, 0.05) is 12.0 Å². The monoisotopic (exact) mass is 270 g/mol. The number of amides is 2. The highest BCUT2D eigenvalue weighted by Crippen LogP contribution is 2.30. The normalized spacial score (nSPS) is 25.5. The fraction of sp³-hybridized carbons (Fsp3) is 0.857. The molecular formula is C14H26N2O3. The van der Waals surface area contributed by atoms with Gasteiger partial charge < -0.3 is 15.8 Å². The van der Waals surface area contributed by atoms with Crippen molar-refractivity contribution < 1.29 is 14.3 Å². The Hall–Kier alpha value is -1.26. The van der Waals surface area contributed by atoms with Crippen molar-refractivity contribution in [1.82, 2.24) is 5.32 Å². The van der Waals surface area contributed by atoms with Gasteiger partial charge in [-0.2, -0.15) is 0 Å². The zero-order valence-corrected chi connectivity index (χ0v) is 12.4. The summed E-state index contributed by atoms with van der Waals surface area (Å²) >= 11 is 0. The Bertz CT molecular complexity index is 328. The molecule has 1 rings (SSSR count). The Labute approximate surface area is 115 Å². The number of rotatable bonds is 3. The van der Waals surface area contributed by atoms with Crippen LogP contribution in [0.5, 0.6) is 0 Å². The highest BCUT2D eigenvalue weighted by molar-refractivity contribution is 5.76. The summed E-state index contributed by atoms with van der Waals surface area (Å²) in [5.41, 5.74) is 4.83. The maximum atomic E-state index is 11.7. The van der Waals surface area contributed by atoms with E-state index in [1.165, 1.54) is 0 Å². The summed E-state index contributed by atoms with van der Waals surface area (Å²) in [6, 6.07) is 0.0590. The predicted molar refractivity (Wildman–Crippen MR) is 73.5 cm³/mol. The van der Waals surface area contributed by atoms with Crippen molar-refractivity contribution >= 4 is 12.0 Å². The SMILES string of the molecule is CC(NC(=O)OC(C)(C)C)[C@H]1CC[C@H](C(N)=O)CC1. The Kier molecular flexibility index (Phi) is 5.20. The van der Waals surface area contributed by atoms with E-state index in [1.807, 2.05) is 27.7 Å². The van der Waals surface area contributed by atoms with Gasteiger partial charge in [0.25, 0.3) is 0 Å². The average molecular weight is 270 g/mol. The molecule has 0 aromatic carbocycles. The van der Waals surface area contributed by atoms with Crippen LogP contribution < -0.4 is 11.1 Å². The number of nitrogens with two attached hydrogens (primary N) is 1. The van der Waals surface area contributed by atoms with E-state index in [0.717, 1.165) is 25.7 Å². The fourth-order valence-corrected chi connectivity index (χ4v) is 2.52. The molecule has 0 saturated heterocycles. The topological polar surface area (TPSA) is 81.4 Å². The Balaban J connectivity index is 2.37. The molecule has 0 radical (unpaired) electrons. The van der Waals surface area contributed by atoms with E-state index in [9.17, 15) is 9.59 Å². The highest BCUT2D eigenvalue weighted by atomic mass is 16.6. The second-order valence-corrected chi connectivity index (χ2v) is 6.45. The molecule has 0 aliphatic heterocycles. The average Bonchev–Trinajstić information content (AvgIpc) is 2.26. The lowest BCUT2D eigenvalue weighted by molar-refractivity contribution is -0.123. The van der Waals surface area contributed by atoms with Crippen LogP contribution in [0.15, 0.2) is 0 Å². The van der Waals surface area contributed by atoms with E-state index in [1.54, 1.807) is 0 Å². The third-order valence-corrected chi connectivity index (χ3v) is 3.63. The van der Waals surface area contributed by atoms with Gasteiger partial charge in [0.05, 0.1) is 0 Å². The van der Waals surface area contributed by atoms with Crippen molar-refractivity contribution in [3.8, 4) is 0 Å². The summed E-state index contributed by atoms with van der Waals surface area (Å²) in [6.45, 7) is 7.51. The summed E-state index contributed by atoms with van der Waals surface area (Å²) in [5, 5.41) is 2.87. The van der Waals surface area contributed by atoms with Gasteiger partial charge in [0.2, 0.25) is 5.91 Å². The molecule has 3 N–H and O–H groups in total. The van der Waals surface area contributed by atoms with Gasteiger partial charge in [-0.15, -0.1) is 0 Å². The zero-order valence-electron chi connectivity index (χ0n) is 12.4. The molecule has 0 spiro atoms. The first-order valence-corrected chi connectivity index (χ1v) is 6.98. The predicted octanol–water partition coefficient (Wildman–Crippen LogP) is 2.19. The van der Waals surface area contributed by atoms with Gasteiger partial charge in [-0.25, -0.2) is 4.79 Å². The molecule has 2 amide bonds. The standard InChI is InChI=1S/C14H26N2O3/c1-9(16-13(18)19-14(2,3)4)10-5-7-11(8-6-10)12(15)17/h9-11H,5-8H2,1-4H3,(H2,15,17)(H,16,18)/t9?,10-,11-. The summed E-state index contributed by atoms with van der Waals surface area (Å²) in [7, 11) is 0. The minimum Gasteiger partial charge on any atom is -0.444 e. The number of carbonyl (C=O) groups is 2. The molecule has 5 nitrogen and oxygen atoms in total. The van der Waals surface area contributed by atoms with Crippen molar-refractivity contribution in [3.63, 3.8) is 0 Å². The van der Waals surface area contributed by atoms with Crippen LogP contribution in [0.2, 0.25) is 0 Å². The van der Waals surface area contributed by atoms with Crippen LogP contribution in [-0.2, 0) is 9.53 Å². The second-order valence-electron chi connectivity index (χ2n) is 6.45. The highest BCUT2D eigenvalue weighted by Gasteiger charge is 2.29. The lowest BCUT2D eigenvalue weighted by Crippen LogP contribution is -2.43. The maximum absolute atomic E-state index is 11.7. The smallest absolute Gasteiger partial charge is 0.407 e. The van der Waals surface area contributed by atoms with Crippen LogP contribution in [0.4, 0.5) is 4.79 Å². The molecule has 0 aromatic rings. The van der Waals surface area contributed by atoms with Gasteiger partial charge in [0.1, 0.15) is 5.60 Å². The van der Waals surface area contributed by atoms with E-state index >= 15 is 0 Å². The second kappa shape index (κ2) is 6.26. The Morgan fingerprint density at radius 2 is 1.74 bits per heavy atom. The summed E-state index contributed by atoms with van der Waals surface area (Å²) in [6.07, 6.45) is 3.10. The van der Waals surface area contributed by atoms with Gasteiger partial charge in [-0.3, -0.25) is 4.79 Å². The van der Waals surface area contributed by atoms with E-state index in [4.69, 9.17) is 10.5 Å². The molecule has 1 aliphatic rings. The van der Waals surface area contributed by atoms with Crippen LogP contribution >= 0.6 is 0 Å². The molecule has 0 aromatic heterocycles. The number of ether oxygens (including phenoxy) is 1. The van der Waals surface area contributed by atoms with Gasteiger partial charge >= 0.3 is 6.09 Å². The van der Waals surface area contributed by atoms with E-state index < -0.39 is 5.60 Å². The molecule has 1 aliphatic carbocycles. The molecule has 0 bridgehead atoms. The third kappa shape index (κ3) is 5.49. The lowest BCUT2D eigenvalue weighted by atomic mass is 9.78. The van der Waals surface area contributed by atoms with Crippen LogP contribution in [0.1, 0.15) is 53.4 Å². The summed E-state index contributed by atoms with van der Waals surface area (Å²) in [4.78, 5) is 22.8. The van der Waals surface area contributed by atoms with E-state index in [0.29, 0.717) is 5.92 Å². The first kappa shape index (κ1) is 15.8. The molecule has 110 valence electrons. The molecule has 5 heteroatoms. The van der Waals surface area contributed by atoms with E-state index in [2.05, 4.69) is 5.32 Å². The molecule has 1 unspecified atom stereocenters. The number of hydrogen-bond donors (Lipinski definition) is 2. The summed E-state index contributed by atoms with van der Waals surface area (Å²) < 4.78 is 5.23. The maximum Gasteiger partial charge on any atom is 0.407 e. The minimum atomic E-state index is -0.479. The van der Waals surface area contributed by atoms with Crippen molar-refractivity contribution in [2.24, 2.45) is 17.6 Å². The lowest BCUT2D eigenvalue weighted by Gasteiger charge is -2.32. The molecule has 1 atom stereocenters. The first-order chi connectivity index (χ1) is 8.69. The number of nitrogens with one attached hydrogen (secondary N) is 1. The number of carbonyl (C=O) groups excluding carboxylic acids is 2. The van der Waals surface area contributed by atoms with Gasteiger partial charge in [-0.1, -0.05) is 0 Å². The van der Waals surface area contributed by atoms with Gasteiger partial charge in [-0.05, 0) is 59.3 Å². The van der Waals surface area contributed by atoms with Crippen molar-refractivity contribution in [1.29, 1.82) is 0 Å². The summed E-state index contributed by atoms with van der Waals surface area (Å²) in [5.74, 6) is 0.194. The number of primary amides is 1. The minimum absolute atomic E-state index is 0.00461. The Morgan fingerprint density at radius 3 is 2.16 bits per heavy atom. The molecule has 0 heterocycles. The van der Waals surface area contributed by atoms with Crippen LogP contribution in [0.3, 0.4) is 0 Å². The third-order valence-electron chi connectivity index (χ3n) is 3.63. The van der Waals surface area contributed by atoms with Crippen LogP contribution in [0, 0.1) is 11.8 Å². The van der Waals surface area contributed by atoms with Crippen molar-refractivity contribution in [2.45, 2.75) is 65.0 Å². The van der Waals surface area contributed by atoms with Gasteiger partial charge in [0.15, 0.2) is 0 Å². The quantitative estimate of drug-likeness (QED) is 0.824. The van der Waals surface area contributed by atoms with Crippen molar-refractivity contribution in [3.05, 3.63) is 0 Å².